The maximum Gasteiger partial charge on any atom is 0.362 e. The van der Waals surface area contributed by atoms with Crippen LogP contribution >= 0.6 is 0 Å². The van der Waals surface area contributed by atoms with Gasteiger partial charge in [-0.15, -0.1) is 0 Å². The number of hydrogen-bond acceptors (Lipinski definition) is 2. The Hall–Kier alpha value is -1.03. The largest absolute Gasteiger partial charge is 0.507 e. The number of unbranched alkanes of at least 4 members (excludes halogenated alkanes) is 3. The van der Waals surface area contributed by atoms with E-state index in [9.17, 15) is 15.0 Å². The summed E-state index contributed by atoms with van der Waals surface area (Å²) in [7, 11) is 0. The van der Waals surface area contributed by atoms with E-state index in [1.165, 1.54) is 12.8 Å². The van der Waals surface area contributed by atoms with Crippen LogP contribution in [0.25, 0.3) is 0 Å². The van der Waals surface area contributed by atoms with Crippen LogP contribution in [0.3, 0.4) is 0 Å². The molecule has 0 rings (SSSR count). The quantitative estimate of drug-likeness (QED) is 0.362. The van der Waals surface area contributed by atoms with Crippen molar-refractivity contribution in [1.82, 2.24) is 0 Å². The Labute approximate surface area is 117 Å². The zero-order valence-corrected chi connectivity index (χ0v) is 12.9. The van der Waals surface area contributed by atoms with E-state index in [-0.39, 0.29) is 0 Å². The third kappa shape index (κ3) is 5.64. The van der Waals surface area contributed by atoms with Crippen molar-refractivity contribution in [1.29, 1.82) is 0 Å². The van der Waals surface area contributed by atoms with Crippen LogP contribution in [0.1, 0.15) is 59.8 Å². The molecule has 0 aliphatic heterocycles. The van der Waals surface area contributed by atoms with Gasteiger partial charge in [0, 0.05) is 6.42 Å². The molecule has 0 aliphatic rings. The summed E-state index contributed by atoms with van der Waals surface area (Å²) in [5.41, 5.74) is 0. The molecule has 0 fully saturated rings. The third-order valence-electron chi connectivity index (χ3n) is 4.00. The van der Waals surface area contributed by atoms with E-state index in [0.717, 1.165) is 12.8 Å². The molecule has 0 saturated carbocycles. The van der Waals surface area contributed by atoms with Crippen LogP contribution in [0.4, 0.5) is 0 Å². The fourth-order valence-electron chi connectivity index (χ4n) is 2.38. The topological polar surface area (TPSA) is 57.5 Å². The number of aliphatic carboxylic acids is 1. The summed E-state index contributed by atoms with van der Waals surface area (Å²) in [6.45, 7) is 9.12. The summed E-state index contributed by atoms with van der Waals surface area (Å²) < 4.78 is 0.301. The lowest BCUT2D eigenvalue weighted by Gasteiger charge is -2.36. The molecule has 0 heterocycles. The number of aliphatic hydroxyl groups excluding tert-OH is 1. The first kappa shape index (κ1) is 18.0. The van der Waals surface area contributed by atoms with Gasteiger partial charge in [-0.05, 0) is 27.2 Å². The predicted molar refractivity (Wildman–Crippen MR) is 77.9 cm³/mol. The molecule has 2 N–H and O–H groups in total. The van der Waals surface area contributed by atoms with Crippen LogP contribution in [0.2, 0.25) is 0 Å². The maximum atomic E-state index is 11.2. The van der Waals surface area contributed by atoms with Crippen molar-refractivity contribution in [2.75, 3.05) is 13.1 Å². The lowest BCUT2D eigenvalue weighted by Crippen LogP contribution is -2.53. The van der Waals surface area contributed by atoms with Crippen molar-refractivity contribution in [2.45, 2.75) is 65.8 Å². The highest BCUT2D eigenvalue weighted by Gasteiger charge is 2.35. The third-order valence-corrected chi connectivity index (χ3v) is 4.00. The number of hydrogen-bond donors (Lipinski definition) is 2. The van der Waals surface area contributed by atoms with Gasteiger partial charge in [0.2, 0.25) is 0 Å². The van der Waals surface area contributed by atoms with Gasteiger partial charge in [0.15, 0.2) is 6.04 Å². The molecule has 0 aromatic carbocycles. The molecule has 19 heavy (non-hydrogen) atoms. The molecule has 0 saturated heterocycles. The molecule has 0 aromatic rings. The number of carboxylic acid groups (broad SMARTS) is 1. The molecule has 1 unspecified atom stereocenters. The summed E-state index contributed by atoms with van der Waals surface area (Å²) in [5, 5.41) is 19.2. The van der Waals surface area contributed by atoms with E-state index in [0.29, 0.717) is 29.8 Å². The van der Waals surface area contributed by atoms with Gasteiger partial charge in [-0.2, -0.15) is 0 Å². The predicted octanol–water partition coefficient (Wildman–Crippen LogP) is 3.69. The van der Waals surface area contributed by atoms with Crippen LogP contribution < -0.4 is 0 Å². The number of carboxylic acids is 1. The molecular weight excluding hydrogens is 242 g/mol. The van der Waals surface area contributed by atoms with E-state index in [1.54, 1.807) is 13.1 Å². The summed E-state index contributed by atoms with van der Waals surface area (Å²) >= 11 is 0. The van der Waals surface area contributed by atoms with Crippen LogP contribution in [0.5, 0.6) is 0 Å². The van der Waals surface area contributed by atoms with Crippen LogP contribution in [0, 0.1) is 0 Å². The van der Waals surface area contributed by atoms with Gasteiger partial charge >= 0.3 is 5.97 Å². The first-order valence-electron chi connectivity index (χ1n) is 7.43. The first-order chi connectivity index (χ1) is 8.93. The Balaban J connectivity index is 4.75. The summed E-state index contributed by atoms with van der Waals surface area (Å²) in [6.07, 6.45) is 6.81. The zero-order chi connectivity index (χ0) is 14.9. The molecule has 0 bridgehead atoms. The number of nitrogens with zero attached hydrogens (tertiary/aromatic N) is 1. The second-order valence-corrected chi connectivity index (χ2v) is 5.18. The van der Waals surface area contributed by atoms with Gasteiger partial charge in [-0.3, -0.25) is 4.48 Å². The summed E-state index contributed by atoms with van der Waals surface area (Å²) in [4.78, 5) is 11.2. The Morgan fingerprint density at radius 2 is 1.68 bits per heavy atom. The van der Waals surface area contributed by atoms with Gasteiger partial charge < -0.3 is 10.2 Å². The van der Waals surface area contributed by atoms with Crippen molar-refractivity contribution in [3.63, 3.8) is 0 Å². The van der Waals surface area contributed by atoms with Crippen LogP contribution in [-0.2, 0) is 4.79 Å². The average molecular weight is 272 g/mol. The van der Waals surface area contributed by atoms with Crippen LogP contribution in [-0.4, -0.2) is 39.8 Å². The molecule has 0 aliphatic carbocycles. The second kappa shape index (κ2) is 8.97. The van der Waals surface area contributed by atoms with Crippen molar-refractivity contribution < 1.29 is 19.5 Å². The number of aliphatic hydroxyl groups is 1. The number of quaternary nitrogens is 1. The molecule has 4 heteroatoms. The van der Waals surface area contributed by atoms with Crippen molar-refractivity contribution in [3.05, 3.63) is 12.0 Å². The molecule has 0 amide bonds. The molecular formula is C15H30NO3+. The molecule has 0 radical (unpaired) electrons. The fourth-order valence-corrected chi connectivity index (χ4v) is 2.38. The lowest BCUT2D eigenvalue weighted by molar-refractivity contribution is -0.891. The fraction of sp³-hybridized carbons (Fsp3) is 0.800. The Kier molecular flexibility index (Phi) is 8.48. The highest BCUT2D eigenvalue weighted by molar-refractivity contribution is 5.71. The van der Waals surface area contributed by atoms with E-state index >= 15 is 0 Å². The normalized spacial score (nSPS) is 14.4. The van der Waals surface area contributed by atoms with E-state index in [4.69, 9.17) is 0 Å². The Morgan fingerprint density at radius 1 is 1.11 bits per heavy atom. The Bertz CT molecular complexity index is 296. The standard InChI is InChI=1S/C15H29NO3/c1-5-8-9-10-11-14(17)12-16(6-2,7-3)13(4)15(18)19/h12-13H,5-11H2,1-4H3,(H-,17,18,19)/p+1/b14-12-. The van der Waals surface area contributed by atoms with Gasteiger partial charge in [0.25, 0.3) is 0 Å². The molecule has 0 aromatic heterocycles. The minimum atomic E-state index is -0.821. The highest BCUT2D eigenvalue weighted by Crippen LogP contribution is 2.19. The summed E-state index contributed by atoms with van der Waals surface area (Å²) in [5.74, 6) is -0.494. The molecule has 1 atom stereocenters. The van der Waals surface area contributed by atoms with E-state index < -0.39 is 12.0 Å². The second-order valence-electron chi connectivity index (χ2n) is 5.18. The van der Waals surface area contributed by atoms with Crippen molar-refractivity contribution in [2.24, 2.45) is 0 Å². The lowest BCUT2D eigenvalue weighted by atomic mass is 10.1. The van der Waals surface area contributed by atoms with Gasteiger partial charge in [0.1, 0.15) is 12.0 Å². The first-order valence-corrected chi connectivity index (χ1v) is 7.43. The van der Waals surface area contributed by atoms with Crippen molar-refractivity contribution in [3.8, 4) is 0 Å². The number of rotatable bonds is 10. The van der Waals surface area contributed by atoms with Crippen molar-refractivity contribution >= 4 is 5.97 Å². The van der Waals surface area contributed by atoms with E-state index in [1.807, 2.05) is 13.8 Å². The van der Waals surface area contributed by atoms with Gasteiger partial charge in [-0.1, -0.05) is 26.2 Å². The monoisotopic (exact) mass is 272 g/mol. The highest BCUT2D eigenvalue weighted by atomic mass is 16.4. The minimum Gasteiger partial charge on any atom is -0.507 e. The molecule has 4 nitrogen and oxygen atoms in total. The van der Waals surface area contributed by atoms with Gasteiger partial charge in [-0.25, -0.2) is 4.79 Å². The number of carbonyl (C=O) groups is 1. The van der Waals surface area contributed by atoms with Gasteiger partial charge in [0.05, 0.1) is 13.1 Å². The van der Waals surface area contributed by atoms with E-state index in [2.05, 4.69) is 6.92 Å². The maximum absolute atomic E-state index is 11.2. The summed E-state index contributed by atoms with van der Waals surface area (Å²) in [6, 6.07) is -0.534. The molecule has 0 spiro atoms. The Morgan fingerprint density at radius 3 is 2.11 bits per heavy atom. The number of likely N-dealkylation sites (N-methyl/N-ethyl adjacent to an activating group) is 1. The average Bonchev–Trinajstić information content (AvgIpc) is 2.40. The van der Waals surface area contributed by atoms with Crippen LogP contribution in [0.15, 0.2) is 12.0 Å². The zero-order valence-electron chi connectivity index (χ0n) is 12.9. The molecule has 112 valence electrons. The minimum absolute atomic E-state index is 0.301. The number of allylic oxidation sites excluding steroid dienone is 1. The SMILES string of the molecule is CCCCCC/C(O)=C/[N+](CC)(CC)C(C)C(=O)O. The smallest absolute Gasteiger partial charge is 0.362 e.